The summed E-state index contributed by atoms with van der Waals surface area (Å²) in [5, 5.41) is 9.23. The van der Waals surface area contributed by atoms with E-state index in [-0.39, 0.29) is 5.03 Å². The number of rotatable bonds is 5. The summed E-state index contributed by atoms with van der Waals surface area (Å²) in [4.78, 5) is 15.2. The zero-order chi connectivity index (χ0) is 16.4. The molecule has 1 atom stereocenters. The van der Waals surface area contributed by atoms with Crippen LogP contribution in [0.4, 0.5) is 0 Å². The molecule has 1 unspecified atom stereocenters. The van der Waals surface area contributed by atoms with Crippen molar-refractivity contribution in [2.75, 3.05) is 6.26 Å². The average molecular weight is 315 g/mol. The minimum absolute atomic E-state index is 0.0469. The Labute approximate surface area is 125 Å². The molecule has 0 radical (unpaired) electrons. The maximum Gasteiger partial charge on any atom is 0.345 e. The Morgan fingerprint density at radius 2 is 2.00 bits per heavy atom. The topological polar surface area (TPSA) is 93.6 Å². The first-order valence-corrected chi connectivity index (χ1v) is 8.44. The van der Waals surface area contributed by atoms with Gasteiger partial charge in [-0.25, -0.2) is 18.2 Å². The fourth-order valence-electron chi connectivity index (χ4n) is 1.77. The third-order valence-corrected chi connectivity index (χ3v) is 3.92. The fourth-order valence-corrected chi connectivity index (χ4v) is 2.37. The summed E-state index contributed by atoms with van der Waals surface area (Å²) >= 11 is 0. The lowest BCUT2D eigenvalue weighted by atomic mass is 9.89. The van der Waals surface area contributed by atoms with Crippen LogP contribution in [0.2, 0.25) is 0 Å². The van der Waals surface area contributed by atoms with Crippen LogP contribution in [-0.4, -0.2) is 36.8 Å². The van der Waals surface area contributed by atoms with Gasteiger partial charge in [0.15, 0.2) is 21.0 Å². The molecular formula is C14H21NO5S. The predicted molar refractivity (Wildman–Crippen MR) is 78.2 cm³/mol. The first kappa shape index (κ1) is 17.4. The summed E-state index contributed by atoms with van der Waals surface area (Å²) in [5.41, 5.74) is 0.00715. The molecule has 0 spiro atoms. The van der Waals surface area contributed by atoms with E-state index >= 15 is 0 Å². The molecule has 21 heavy (non-hydrogen) atoms. The number of aliphatic carboxylic acids is 1. The molecule has 6 nitrogen and oxygen atoms in total. The second kappa shape index (κ2) is 6.01. The van der Waals surface area contributed by atoms with Gasteiger partial charge < -0.3 is 9.84 Å². The Balaban J connectivity index is 3.23. The second-order valence-corrected chi connectivity index (χ2v) is 7.92. The number of ether oxygens (including phenoxy) is 1. The molecule has 1 aromatic heterocycles. The molecule has 0 aliphatic rings. The van der Waals surface area contributed by atoms with E-state index < -0.39 is 27.3 Å². The molecule has 7 heteroatoms. The van der Waals surface area contributed by atoms with Gasteiger partial charge in [0.25, 0.3) is 0 Å². The molecule has 0 aromatic carbocycles. The largest absolute Gasteiger partial charge is 0.478 e. The fraction of sp³-hybridized carbons (Fsp3) is 0.571. The van der Waals surface area contributed by atoms with E-state index in [1.54, 1.807) is 20.8 Å². The molecule has 118 valence electrons. The van der Waals surface area contributed by atoms with Crippen molar-refractivity contribution >= 4 is 15.8 Å². The highest BCUT2D eigenvalue weighted by Crippen LogP contribution is 2.28. The van der Waals surface area contributed by atoms with E-state index in [1.807, 2.05) is 6.92 Å². The number of carboxylic acid groups (broad SMARTS) is 1. The van der Waals surface area contributed by atoms with E-state index in [1.165, 1.54) is 12.3 Å². The summed E-state index contributed by atoms with van der Waals surface area (Å²) in [6.45, 7) is 7.11. The average Bonchev–Trinajstić information content (AvgIpc) is 2.32. The zero-order valence-electron chi connectivity index (χ0n) is 12.9. The van der Waals surface area contributed by atoms with E-state index in [9.17, 15) is 18.3 Å². The number of sulfone groups is 1. The summed E-state index contributed by atoms with van der Waals surface area (Å²) in [6.07, 6.45) is 1.81. The SMILES string of the molecule is CCc1cc(S(C)(=O)=O)ncc1OC(C(=O)O)C(C)(C)C. The Bertz CT molecular complexity index is 631. The van der Waals surface area contributed by atoms with Gasteiger partial charge in [0.2, 0.25) is 0 Å². The summed E-state index contributed by atoms with van der Waals surface area (Å²) in [5.74, 6) is -0.774. The molecule has 0 amide bonds. The normalized spacial score (nSPS) is 13.8. The first-order valence-electron chi connectivity index (χ1n) is 6.55. The number of aromatic nitrogens is 1. The van der Waals surface area contributed by atoms with E-state index in [4.69, 9.17) is 4.74 Å². The van der Waals surface area contributed by atoms with Crippen LogP contribution in [0.3, 0.4) is 0 Å². The van der Waals surface area contributed by atoms with Gasteiger partial charge in [0.1, 0.15) is 5.75 Å². The molecule has 0 saturated carbocycles. The van der Waals surface area contributed by atoms with Crippen LogP contribution >= 0.6 is 0 Å². The molecule has 0 fully saturated rings. The van der Waals surface area contributed by atoms with Crippen molar-refractivity contribution in [2.45, 2.75) is 45.2 Å². The number of hydrogen-bond donors (Lipinski definition) is 1. The van der Waals surface area contributed by atoms with Crippen LogP contribution in [-0.2, 0) is 21.1 Å². The lowest BCUT2D eigenvalue weighted by molar-refractivity contribution is -0.150. The van der Waals surface area contributed by atoms with Crippen molar-refractivity contribution in [3.8, 4) is 5.75 Å². The van der Waals surface area contributed by atoms with Gasteiger partial charge >= 0.3 is 5.97 Å². The molecule has 1 N–H and O–H groups in total. The molecule has 0 aliphatic heterocycles. The summed E-state index contributed by atoms with van der Waals surface area (Å²) < 4.78 is 28.6. The van der Waals surface area contributed by atoms with Crippen LogP contribution < -0.4 is 4.74 Å². The second-order valence-electron chi connectivity index (χ2n) is 5.96. The molecule has 1 heterocycles. The Kier molecular flexibility index (Phi) is 4.99. The highest BCUT2D eigenvalue weighted by atomic mass is 32.2. The monoisotopic (exact) mass is 315 g/mol. The van der Waals surface area contributed by atoms with Crippen molar-refractivity contribution in [1.29, 1.82) is 0 Å². The van der Waals surface area contributed by atoms with Crippen LogP contribution in [0.25, 0.3) is 0 Å². The summed E-state index contributed by atoms with van der Waals surface area (Å²) in [6, 6.07) is 1.42. The number of hydrogen-bond acceptors (Lipinski definition) is 5. The molecule has 1 rings (SSSR count). The van der Waals surface area contributed by atoms with Gasteiger partial charge in [-0.15, -0.1) is 0 Å². The van der Waals surface area contributed by atoms with Crippen molar-refractivity contribution in [1.82, 2.24) is 4.98 Å². The number of aryl methyl sites for hydroxylation is 1. The Morgan fingerprint density at radius 1 is 1.43 bits per heavy atom. The molecule has 0 saturated heterocycles. The molecule has 0 bridgehead atoms. The number of pyridine rings is 1. The van der Waals surface area contributed by atoms with Gasteiger partial charge in [-0.1, -0.05) is 27.7 Å². The van der Waals surface area contributed by atoms with E-state index in [0.29, 0.717) is 17.7 Å². The Morgan fingerprint density at radius 3 is 2.38 bits per heavy atom. The zero-order valence-corrected chi connectivity index (χ0v) is 13.7. The van der Waals surface area contributed by atoms with Crippen LogP contribution in [0.15, 0.2) is 17.3 Å². The highest BCUT2D eigenvalue weighted by Gasteiger charge is 2.34. The number of carbonyl (C=O) groups is 1. The van der Waals surface area contributed by atoms with Crippen LogP contribution in [0.1, 0.15) is 33.3 Å². The molecule has 0 aliphatic carbocycles. The van der Waals surface area contributed by atoms with Crippen LogP contribution in [0.5, 0.6) is 5.75 Å². The van der Waals surface area contributed by atoms with Gasteiger partial charge in [0, 0.05) is 11.7 Å². The van der Waals surface area contributed by atoms with Crippen molar-refractivity contribution in [3.05, 3.63) is 17.8 Å². The molecular weight excluding hydrogens is 294 g/mol. The van der Waals surface area contributed by atoms with Crippen molar-refractivity contribution < 1.29 is 23.1 Å². The first-order chi connectivity index (χ1) is 9.46. The standard InChI is InChI=1S/C14H21NO5S/c1-6-9-7-11(21(5,18)19)15-8-10(9)20-12(13(16)17)14(2,3)4/h7-8,12H,6H2,1-5H3,(H,16,17). The van der Waals surface area contributed by atoms with Crippen molar-refractivity contribution in [3.63, 3.8) is 0 Å². The van der Waals surface area contributed by atoms with Gasteiger partial charge in [-0.05, 0) is 18.1 Å². The summed E-state index contributed by atoms with van der Waals surface area (Å²) in [7, 11) is -3.41. The predicted octanol–water partition coefficient (Wildman–Crippen LogP) is 1.93. The van der Waals surface area contributed by atoms with Gasteiger partial charge in [0.05, 0.1) is 6.20 Å². The minimum atomic E-state index is -3.41. The maximum absolute atomic E-state index is 11.5. The van der Waals surface area contributed by atoms with E-state index in [0.717, 1.165) is 6.26 Å². The number of carboxylic acids is 1. The van der Waals surface area contributed by atoms with Gasteiger partial charge in [-0.2, -0.15) is 0 Å². The lowest BCUT2D eigenvalue weighted by Crippen LogP contribution is -2.39. The third kappa shape index (κ3) is 4.42. The quantitative estimate of drug-likeness (QED) is 0.892. The minimum Gasteiger partial charge on any atom is -0.478 e. The van der Waals surface area contributed by atoms with Crippen molar-refractivity contribution in [2.24, 2.45) is 5.41 Å². The third-order valence-electron chi connectivity index (χ3n) is 2.94. The smallest absolute Gasteiger partial charge is 0.345 e. The van der Waals surface area contributed by atoms with Crippen LogP contribution in [0, 0.1) is 5.41 Å². The maximum atomic E-state index is 11.5. The highest BCUT2D eigenvalue weighted by molar-refractivity contribution is 7.90. The number of nitrogens with zero attached hydrogens (tertiary/aromatic N) is 1. The van der Waals surface area contributed by atoms with Gasteiger partial charge in [-0.3, -0.25) is 0 Å². The lowest BCUT2D eigenvalue weighted by Gasteiger charge is -2.28. The Hall–Kier alpha value is -1.63. The molecule has 1 aromatic rings. The van der Waals surface area contributed by atoms with E-state index in [2.05, 4.69) is 4.98 Å².